The number of fused-ring (bicyclic) bond motifs is 2. The number of allylic oxidation sites excluding steroid dienone is 9. The van der Waals surface area contributed by atoms with Crippen molar-refractivity contribution < 1.29 is 9.84 Å². The van der Waals surface area contributed by atoms with Gasteiger partial charge in [-0.15, -0.1) is 6.58 Å². The molecule has 2 atom stereocenters. The SMILES string of the molecule is C=CC(C)C/C=C(\C)C1(/C(=C/CCOCc2ncc3ccc(Cl)cc3n2)CC)CCC(CO)CC1.CC.CCC1=CC=C2C=CC(C)=CC2N1. The highest BCUT2D eigenvalue weighted by Gasteiger charge is 2.38. The molecular formula is C44H62ClN3O2. The number of hydrogen-bond acceptors (Lipinski definition) is 5. The molecule has 5 nitrogen and oxygen atoms in total. The van der Waals surface area contributed by atoms with Crippen LogP contribution in [-0.4, -0.2) is 34.3 Å². The first-order valence-corrected chi connectivity index (χ1v) is 19.2. The van der Waals surface area contributed by atoms with Crippen LogP contribution >= 0.6 is 11.6 Å². The van der Waals surface area contributed by atoms with Crippen LogP contribution in [0.5, 0.6) is 0 Å². The van der Waals surface area contributed by atoms with Gasteiger partial charge in [0.1, 0.15) is 6.61 Å². The van der Waals surface area contributed by atoms with Gasteiger partial charge in [-0.3, -0.25) is 0 Å². The van der Waals surface area contributed by atoms with Gasteiger partial charge in [0.25, 0.3) is 0 Å². The summed E-state index contributed by atoms with van der Waals surface area (Å²) < 4.78 is 5.94. The standard InChI is InChI=1S/C30H41ClN2O2.C12H15N.C2H6/c1-5-22(3)9-10-23(4)30(15-13-24(20-34)14-16-30)26(6-2)8-7-17-35-21-29-32-19-25-11-12-27(31)18-28(25)33-29;1-3-11-7-6-10-5-4-9(2)8-12(10)13-11;1-2/h5,8,10-12,18-19,22,24,34H,1,6-7,9,13-17,20-21H2,2-4H3;4-8,12-13H,3H2,1-2H3;1-2H3/b23-10+,26-8+;;. The van der Waals surface area contributed by atoms with Crippen LogP contribution in [0, 0.1) is 17.3 Å². The zero-order chi connectivity index (χ0) is 36.5. The molecule has 1 aliphatic heterocycles. The number of nitrogens with zero attached hydrogens (tertiary/aromatic N) is 2. The van der Waals surface area contributed by atoms with Gasteiger partial charge in [0.2, 0.25) is 0 Å². The molecular weight excluding hydrogens is 638 g/mol. The van der Waals surface area contributed by atoms with Crippen LogP contribution in [0.1, 0.15) is 106 Å². The molecule has 2 N–H and O–H groups in total. The molecule has 1 aromatic heterocycles. The summed E-state index contributed by atoms with van der Waals surface area (Å²) in [5.74, 6) is 1.58. The minimum absolute atomic E-state index is 0.0992. The van der Waals surface area contributed by atoms with E-state index in [1.807, 2.05) is 44.3 Å². The Bertz CT molecular complexity index is 1570. The first-order valence-electron chi connectivity index (χ1n) is 18.8. The van der Waals surface area contributed by atoms with Crippen molar-refractivity contribution in [2.75, 3.05) is 13.2 Å². The summed E-state index contributed by atoms with van der Waals surface area (Å²) in [6.45, 7) is 20.4. The van der Waals surface area contributed by atoms with E-state index in [0.29, 0.717) is 48.5 Å². The van der Waals surface area contributed by atoms with E-state index in [1.54, 1.807) is 0 Å². The second-order valence-electron chi connectivity index (χ2n) is 13.5. The van der Waals surface area contributed by atoms with Crippen LogP contribution in [-0.2, 0) is 11.3 Å². The third kappa shape index (κ3) is 11.6. The molecule has 50 heavy (non-hydrogen) atoms. The van der Waals surface area contributed by atoms with Gasteiger partial charge in [0.05, 0.1) is 18.2 Å². The van der Waals surface area contributed by atoms with Gasteiger partial charge in [0, 0.05) is 34.3 Å². The van der Waals surface area contributed by atoms with Crippen LogP contribution in [0.3, 0.4) is 0 Å². The fourth-order valence-corrected chi connectivity index (χ4v) is 7.10. The third-order valence-corrected chi connectivity index (χ3v) is 10.4. The molecule has 2 unspecified atom stereocenters. The number of benzene rings is 1. The van der Waals surface area contributed by atoms with Gasteiger partial charge in [-0.1, -0.05) is 105 Å². The van der Waals surface area contributed by atoms with Crippen LogP contribution in [0.25, 0.3) is 10.9 Å². The van der Waals surface area contributed by atoms with E-state index in [-0.39, 0.29) is 5.41 Å². The minimum Gasteiger partial charge on any atom is -0.396 e. The van der Waals surface area contributed by atoms with E-state index >= 15 is 0 Å². The second-order valence-corrected chi connectivity index (χ2v) is 14.0. The van der Waals surface area contributed by atoms with Crippen LogP contribution in [0.4, 0.5) is 0 Å². The molecule has 0 amide bonds. The quantitative estimate of drug-likeness (QED) is 0.161. The fraction of sp³-hybridized carbons (Fsp3) is 0.500. The van der Waals surface area contributed by atoms with E-state index in [0.717, 1.165) is 62.3 Å². The molecule has 1 fully saturated rings. The van der Waals surface area contributed by atoms with E-state index in [1.165, 1.54) is 28.0 Å². The Morgan fingerprint density at radius 1 is 1.16 bits per heavy atom. The average molecular weight is 700 g/mol. The Balaban J connectivity index is 0.000000373. The lowest BCUT2D eigenvalue weighted by Gasteiger charge is -2.43. The van der Waals surface area contributed by atoms with Crippen molar-refractivity contribution >= 4 is 22.5 Å². The van der Waals surface area contributed by atoms with Crippen molar-refractivity contribution in [3.8, 4) is 0 Å². The molecule has 2 aliphatic carbocycles. The number of ether oxygens (including phenoxy) is 1. The topological polar surface area (TPSA) is 67.3 Å². The summed E-state index contributed by atoms with van der Waals surface area (Å²) in [4.78, 5) is 9.00. The molecule has 0 bridgehead atoms. The van der Waals surface area contributed by atoms with Gasteiger partial charge in [-0.25, -0.2) is 9.97 Å². The molecule has 6 heteroatoms. The highest BCUT2D eigenvalue weighted by Crippen LogP contribution is 2.50. The molecule has 2 aromatic rings. The fourth-order valence-electron chi connectivity index (χ4n) is 6.93. The smallest absolute Gasteiger partial charge is 0.154 e. The lowest BCUT2D eigenvalue weighted by atomic mass is 9.61. The van der Waals surface area contributed by atoms with E-state index in [2.05, 4.69) is 99.0 Å². The van der Waals surface area contributed by atoms with Crippen molar-refractivity contribution in [2.45, 2.75) is 112 Å². The van der Waals surface area contributed by atoms with E-state index < -0.39 is 0 Å². The first-order chi connectivity index (χ1) is 24.2. The van der Waals surface area contributed by atoms with E-state index in [4.69, 9.17) is 16.3 Å². The Morgan fingerprint density at radius 2 is 1.92 bits per heavy atom. The number of rotatable bonds is 13. The maximum absolute atomic E-state index is 9.70. The maximum Gasteiger partial charge on any atom is 0.154 e. The van der Waals surface area contributed by atoms with E-state index in [9.17, 15) is 5.11 Å². The predicted molar refractivity (Wildman–Crippen MR) is 214 cm³/mol. The normalized spacial score (nSPS) is 22.4. The summed E-state index contributed by atoms with van der Waals surface area (Å²) in [7, 11) is 0. The Labute approximate surface area is 308 Å². The number of aromatic nitrogens is 2. The zero-order valence-corrected chi connectivity index (χ0v) is 32.5. The Kier molecular flexibility index (Phi) is 17.5. The first kappa shape index (κ1) is 41.2. The van der Waals surface area contributed by atoms with Gasteiger partial charge in [0.15, 0.2) is 5.82 Å². The highest BCUT2D eigenvalue weighted by molar-refractivity contribution is 6.31. The molecule has 0 spiro atoms. The monoisotopic (exact) mass is 699 g/mol. The maximum atomic E-state index is 9.70. The molecule has 1 saturated carbocycles. The van der Waals surface area contributed by atoms with Crippen molar-refractivity contribution in [1.82, 2.24) is 15.3 Å². The molecule has 2 heterocycles. The zero-order valence-electron chi connectivity index (χ0n) is 31.8. The summed E-state index contributed by atoms with van der Waals surface area (Å²) in [6.07, 6.45) is 28.0. The number of aliphatic hydroxyl groups excluding tert-OH is 1. The summed E-state index contributed by atoms with van der Waals surface area (Å²) >= 11 is 6.10. The van der Waals surface area contributed by atoms with Crippen molar-refractivity contribution in [2.24, 2.45) is 17.3 Å². The Morgan fingerprint density at radius 3 is 2.60 bits per heavy atom. The third-order valence-electron chi connectivity index (χ3n) is 10.2. The Hall–Kier alpha value is -3.25. The molecule has 0 saturated heterocycles. The number of aliphatic hydroxyl groups is 1. The lowest BCUT2D eigenvalue weighted by Crippen LogP contribution is -2.32. The highest BCUT2D eigenvalue weighted by atomic mass is 35.5. The predicted octanol–water partition coefficient (Wildman–Crippen LogP) is 11.6. The second kappa shape index (κ2) is 21.2. The van der Waals surface area contributed by atoms with Gasteiger partial charge in [-0.2, -0.15) is 0 Å². The van der Waals surface area contributed by atoms with Gasteiger partial charge >= 0.3 is 0 Å². The van der Waals surface area contributed by atoms with Gasteiger partial charge in [-0.05, 0) is 107 Å². The molecule has 3 aliphatic rings. The largest absolute Gasteiger partial charge is 0.396 e. The van der Waals surface area contributed by atoms with Crippen molar-refractivity contribution in [3.63, 3.8) is 0 Å². The lowest BCUT2D eigenvalue weighted by molar-refractivity contribution is 0.119. The summed E-state index contributed by atoms with van der Waals surface area (Å²) in [5.41, 5.74) is 7.95. The molecule has 272 valence electrons. The number of hydrogen-bond donors (Lipinski definition) is 2. The van der Waals surface area contributed by atoms with Crippen LogP contribution in [0.15, 0.2) is 108 Å². The summed E-state index contributed by atoms with van der Waals surface area (Å²) in [5, 5.41) is 14.8. The average Bonchev–Trinajstić information content (AvgIpc) is 3.15. The molecule has 0 radical (unpaired) electrons. The van der Waals surface area contributed by atoms with Crippen molar-refractivity contribution in [1.29, 1.82) is 0 Å². The van der Waals surface area contributed by atoms with Gasteiger partial charge < -0.3 is 15.2 Å². The molecule has 1 aromatic carbocycles. The van der Waals surface area contributed by atoms with Crippen molar-refractivity contribution in [3.05, 3.63) is 118 Å². The minimum atomic E-state index is 0.0992. The van der Waals surface area contributed by atoms with Crippen LogP contribution in [0.2, 0.25) is 5.02 Å². The summed E-state index contributed by atoms with van der Waals surface area (Å²) in [6, 6.07) is 6.04. The number of nitrogens with one attached hydrogen (secondary N) is 1. The molecule has 5 rings (SSSR count). The van der Waals surface area contributed by atoms with Crippen LogP contribution < -0.4 is 5.32 Å². The number of halogens is 1. The number of dihydropyridines is 1.